The third kappa shape index (κ3) is 3.68. The second kappa shape index (κ2) is 7.14. The van der Waals surface area contributed by atoms with Crippen molar-refractivity contribution in [3.8, 4) is 0 Å². The second-order valence-corrected chi connectivity index (χ2v) is 6.12. The molecule has 2 aromatic heterocycles. The zero-order valence-corrected chi connectivity index (χ0v) is 14.8. The van der Waals surface area contributed by atoms with E-state index in [1.54, 1.807) is 19.1 Å². The summed E-state index contributed by atoms with van der Waals surface area (Å²) >= 11 is 11.8. The van der Waals surface area contributed by atoms with Crippen LogP contribution in [0.4, 0.5) is 11.4 Å². The number of hydrogen-bond donors (Lipinski definition) is 1. The topological polar surface area (TPSA) is 116 Å². The molecule has 0 saturated heterocycles. The van der Waals surface area contributed by atoms with Gasteiger partial charge >= 0.3 is 5.69 Å². The Morgan fingerprint density at radius 1 is 1.38 bits per heavy atom. The molecule has 2 heterocycles. The molecular formula is C15H11Cl2N5O4. The molecule has 3 rings (SSSR count). The average molecular weight is 396 g/mol. The lowest BCUT2D eigenvalue weighted by atomic mass is 10.2. The van der Waals surface area contributed by atoms with Crippen molar-refractivity contribution >= 4 is 40.5 Å². The highest BCUT2D eigenvalue weighted by atomic mass is 35.5. The first kappa shape index (κ1) is 17.9. The van der Waals surface area contributed by atoms with Gasteiger partial charge in [-0.1, -0.05) is 28.4 Å². The molecule has 9 nitrogen and oxygen atoms in total. The summed E-state index contributed by atoms with van der Waals surface area (Å²) in [4.78, 5) is 22.7. The Morgan fingerprint density at radius 3 is 2.81 bits per heavy atom. The van der Waals surface area contributed by atoms with Crippen LogP contribution < -0.4 is 5.32 Å². The monoisotopic (exact) mass is 395 g/mol. The Labute approximate surface area is 156 Å². The number of aromatic nitrogens is 3. The molecule has 0 fully saturated rings. The van der Waals surface area contributed by atoms with Crippen molar-refractivity contribution in [2.45, 2.75) is 13.5 Å². The van der Waals surface area contributed by atoms with Crippen LogP contribution in [-0.4, -0.2) is 25.8 Å². The molecule has 0 unspecified atom stereocenters. The van der Waals surface area contributed by atoms with E-state index in [-0.39, 0.29) is 17.9 Å². The number of nitro groups is 1. The van der Waals surface area contributed by atoms with Crippen molar-refractivity contribution in [2.75, 3.05) is 5.32 Å². The molecule has 0 radical (unpaired) electrons. The summed E-state index contributed by atoms with van der Waals surface area (Å²) in [5.41, 5.74) is 0.791. The quantitative estimate of drug-likeness (QED) is 0.519. The molecule has 1 amide bonds. The average Bonchev–Trinajstić information content (AvgIpc) is 3.19. The van der Waals surface area contributed by atoms with Crippen molar-refractivity contribution in [3.05, 3.63) is 67.8 Å². The van der Waals surface area contributed by atoms with Gasteiger partial charge in [-0.05, 0) is 25.1 Å². The molecule has 11 heteroatoms. The Kier molecular flexibility index (Phi) is 4.92. The fourth-order valence-electron chi connectivity index (χ4n) is 2.22. The van der Waals surface area contributed by atoms with Crippen LogP contribution in [-0.2, 0) is 6.54 Å². The van der Waals surface area contributed by atoms with Crippen molar-refractivity contribution in [1.82, 2.24) is 14.9 Å². The van der Waals surface area contributed by atoms with E-state index < -0.39 is 10.8 Å². The van der Waals surface area contributed by atoms with Crippen LogP contribution in [0.15, 0.2) is 35.1 Å². The molecule has 0 atom stereocenters. The molecule has 0 aliphatic rings. The Hall–Kier alpha value is -2.91. The lowest BCUT2D eigenvalue weighted by Crippen LogP contribution is -2.16. The number of anilines is 1. The zero-order chi connectivity index (χ0) is 18.8. The van der Waals surface area contributed by atoms with E-state index >= 15 is 0 Å². The minimum Gasteiger partial charge on any atom is -0.361 e. The molecule has 134 valence electrons. The minimum atomic E-state index is -0.554. The van der Waals surface area contributed by atoms with E-state index in [0.29, 0.717) is 27.1 Å². The number of nitrogens with one attached hydrogen (secondary N) is 1. The number of aryl methyl sites for hydroxylation is 1. The van der Waals surface area contributed by atoms with E-state index in [1.807, 2.05) is 0 Å². The number of carbonyl (C=O) groups is 1. The first-order chi connectivity index (χ1) is 12.3. The summed E-state index contributed by atoms with van der Waals surface area (Å²) < 4.78 is 6.42. The molecular weight excluding hydrogens is 385 g/mol. The maximum Gasteiger partial charge on any atom is 0.307 e. The van der Waals surface area contributed by atoms with Crippen LogP contribution in [0.5, 0.6) is 0 Å². The van der Waals surface area contributed by atoms with Crippen LogP contribution in [0.1, 0.15) is 21.8 Å². The summed E-state index contributed by atoms with van der Waals surface area (Å²) in [5.74, 6) is -0.112. The summed E-state index contributed by atoms with van der Waals surface area (Å²) in [6.07, 6.45) is 2.38. The molecule has 3 aromatic rings. The SMILES string of the molecule is Cc1onc(C(=O)Nc2ccc(Cl)c(Cl)c2)c1Cn1cc([N+](=O)[O-])cn1. The van der Waals surface area contributed by atoms with Gasteiger partial charge in [-0.2, -0.15) is 5.10 Å². The number of nitrogens with zero attached hydrogens (tertiary/aromatic N) is 4. The van der Waals surface area contributed by atoms with Gasteiger partial charge in [-0.25, -0.2) is 0 Å². The molecule has 0 bridgehead atoms. The van der Waals surface area contributed by atoms with Gasteiger partial charge in [0.25, 0.3) is 5.91 Å². The van der Waals surface area contributed by atoms with Crippen molar-refractivity contribution in [3.63, 3.8) is 0 Å². The predicted molar refractivity (Wildman–Crippen MR) is 93.6 cm³/mol. The predicted octanol–water partition coefficient (Wildman–Crippen LogP) is 3.70. The molecule has 0 saturated carbocycles. The lowest BCUT2D eigenvalue weighted by Gasteiger charge is -2.06. The van der Waals surface area contributed by atoms with Gasteiger partial charge in [0, 0.05) is 11.3 Å². The van der Waals surface area contributed by atoms with Crippen LogP contribution in [0.2, 0.25) is 10.0 Å². The fraction of sp³-hybridized carbons (Fsp3) is 0.133. The van der Waals surface area contributed by atoms with Crippen LogP contribution >= 0.6 is 23.2 Å². The van der Waals surface area contributed by atoms with Gasteiger partial charge < -0.3 is 9.84 Å². The number of carbonyl (C=O) groups excluding carboxylic acids is 1. The smallest absolute Gasteiger partial charge is 0.307 e. The maximum absolute atomic E-state index is 12.5. The van der Waals surface area contributed by atoms with Crippen molar-refractivity contribution < 1.29 is 14.2 Å². The molecule has 0 spiro atoms. The van der Waals surface area contributed by atoms with Crippen LogP contribution in [0.3, 0.4) is 0 Å². The lowest BCUT2D eigenvalue weighted by molar-refractivity contribution is -0.385. The zero-order valence-electron chi connectivity index (χ0n) is 13.3. The van der Waals surface area contributed by atoms with Crippen LogP contribution in [0.25, 0.3) is 0 Å². The number of hydrogen-bond acceptors (Lipinski definition) is 6. The van der Waals surface area contributed by atoms with Gasteiger partial charge in [0.1, 0.15) is 18.2 Å². The van der Waals surface area contributed by atoms with Crippen molar-refractivity contribution in [1.29, 1.82) is 0 Å². The summed E-state index contributed by atoms with van der Waals surface area (Å²) in [5, 5.41) is 21.7. The third-order valence-corrected chi connectivity index (χ3v) is 4.27. The Bertz CT molecular complexity index is 998. The fourth-order valence-corrected chi connectivity index (χ4v) is 2.51. The Morgan fingerprint density at radius 2 is 2.15 bits per heavy atom. The summed E-state index contributed by atoms with van der Waals surface area (Å²) in [7, 11) is 0. The highest BCUT2D eigenvalue weighted by Gasteiger charge is 2.21. The largest absolute Gasteiger partial charge is 0.361 e. The number of rotatable bonds is 5. The van der Waals surface area contributed by atoms with Gasteiger partial charge in [0.2, 0.25) is 0 Å². The van der Waals surface area contributed by atoms with E-state index in [4.69, 9.17) is 27.7 Å². The van der Waals surface area contributed by atoms with E-state index in [9.17, 15) is 14.9 Å². The minimum absolute atomic E-state index is 0.0479. The number of halogens is 2. The van der Waals surface area contributed by atoms with E-state index in [0.717, 1.165) is 6.20 Å². The maximum atomic E-state index is 12.5. The van der Waals surface area contributed by atoms with Crippen LogP contribution in [0, 0.1) is 17.0 Å². The second-order valence-electron chi connectivity index (χ2n) is 5.30. The molecule has 0 aliphatic carbocycles. The summed E-state index contributed by atoms with van der Waals surface area (Å²) in [6, 6.07) is 4.65. The van der Waals surface area contributed by atoms with E-state index in [2.05, 4.69) is 15.6 Å². The highest BCUT2D eigenvalue weighted by Crippen LogP contribution is 2.26. The van der Waals surface area contributed by atoms with E-state index in [1.165, 1.54) is 16.9 Å². The Balaban J connectivity index is 1.82. The molecule has 1 aromatic carbocycles. The highest BCUT2D eigenvalue weighted by molar-refractivity contribution is 6.42. The van der Waals surface area contributed by atoms with Crippen molar-refractivity contribution in [2.24, 2.45) is 0 Å². The molecule has 1 N–H and O–H groups in total. The van der Waals surface area contributed by atoms with Gasteiger partial charge in [0.05, 0.1) is 21.5 Å². The molecule has 26 heavy (non-hydrogen) atoms. The third-order valence-electron chi connectivity index (χ3n) is 3.53. The standard InChI is InChI=1S/C15H11Cl2N5O4/c1-8-11(7-21-6-10(5-18-21)22(24)25)14(20-26-8)15(23)19-9-2-3-12(16)13(17)4-9/h2-6H,7H2,1H3,(H,19,23). The summed E-state index contributed by atoms with van der Waals surface area (Å²) in [6.45, 7) is 1.73. The first-order valence-corrected chi connectivity index (χ1v) is 7.99. The van der Waals surface area contributed by atoms with Gasteiger partial charge in [-0.3, -0.25) is 19.6 Å². The first-order valence-electron chi connectivity index (χ1n) is 7.23. The van der Waals surface area contributed by atoms with Gasteiger partial charge in [0.15, 0.2) is 5.69 Å². The number of benzene rings is 1. The van der Waals surface area contributed by atoms with Gasteiger partial charge in [-0.15, -0.1) is 0 Å². The molecule has 0 aliphatic heterocycles. The number of amides is 1. The normalized spacial score (nSPS) is 10.7.